The highest BCUT2D eigenvalue weighted by atomic mass is 16.5. The molecule has 0 saturated carbocycles. The normalized spacial score (nSPS) is 10.7. The number of nitrogens with two attached hydrogens (primary N) is 1. The number of aromatic nitrogens is 1. The first-order valence-electron chi connectivity index (χ1n) is 6.85. The molecule has 0 aliphatic carbocycles. The Labute approximate surface area is 122 Å². The molecule has 0 aliphatic rings. The monoisotopic (exact) mass is 280 g/mol. The average molecular weight is 280 g/mol. The third kappa shape index (κ3) is 2.14. The number of hydrogen-bond donors (Lipinski definition) is 1. The van der Waals surface area contributed by atoms with Gasteiger partial charge < -0.3 is 14.9 Å². The molecule has 1 aromatic carbocycles. The minimum Gasteiger partial charge on any atom is -0.462 e. The van der Waals surface area contributed by atoms with Gasteiger partial charge in [-0.1, -0.05) is 36.4 Å². The summed E-state index contributed by atoms with van der Waals surface area (Å²) in [6.45, 7) is 2.12. The molecule has 0 bridgehead atoms. The second-order valence-electron chi connectivity index (χ2n) is 4.68. The van der Waals surface area contributed by atoms with Crippen molar-refractivity contribution in [3.8, 4) is 11.1 Å². The zero-order chi connectivity index (χ0) is 14.8. The topological polar surface area (TPSA) is 56.7 Å². The third-order valence-corrected chi connectivity index (χ3v) is 3.42. The van der Waals surface area contributed by atoms with Gasteiger partial charge in [0.1, 0.15) is 5.82 Å². The highest BCUT2D eigenvalue weighted by Crippen LogP contribution is 2.35. The van der Waals surface area contributed by atoms with Gasteiger partial charge >= 0.3 is 5.97 Å². The number of rotatable bonds is 3. The number of nitrogen functional groups attached to an aromatic ring is 1. The molecule has 4 nitrogen and oxygen atoms in total. The van der Waals surface area contributed by atoms with Gasteiger partial charge in [0, 0.05) is 11.8 Å². The first-order chi connectivity index (χ1) is 10.2. The van der Waals surface area contributed by atoms with Crippen molar-refractivity contribution in [3.63, 3.8) is 0 Å². The molecule has 3 aromatic rings. The van der Waals surface area contributed by atoms with Crippen LogP contribution in [0.4, 0.5) is 5.82 Å². The summed E-state index contributed by atoms with van der Waals surface area (Å²) in [6, 6.07) is 15.3. The van der Waals surface area contributed by atoms with E-state index in [-0.39, 0.29) is 5.97 Å². The number of fused-ring (bicyclic) bond motifs is 1. The van der Waals surface area contributed by atoms with Crippen molar-refractivity contribution in [1.29, 1.82) is 0 Å². The van der Waals surface area contributed by atoms with Gasteiger partial charge in [-0.15, -0.1) is 0 Å². The molecule has 0 radical (unpaired) electrons. The molecule has 0 unspecified atom stereocenters. The Morgan fingerprint density at radius 2 is 1.86 bits per heavy atom. The fraction of sp³-hybridized carbons (Fsp3) is 0.118. The first-order valence-corrected chi connectivity index (χ1v) is 6.85. The maximum absolute atomic E-state index is 12.4. The Hall–Kier alpha value is -2.75. The molecule has 0 amide bonds. The predicted octanol–water partition coefficient (Wildman–Crippen LogP) is 3.37. The first kappa shape index (κ1) is 13.2. The van der Waals surface area contributed by atoms with Crippen LogP contribution in [0.2, 0.25) is 0 Å². The van der Waals surface area contributed by atoms with Crippen molar-refractivity contribution in [1.82, 2.24) is 4.40 Å². The summed E-state index contributed by atoms with van der Waals surface area (Å²) < 4.78 is 7.02. The summed E-state index contributed by atoms with van der Waals surface area (Å²) >= 11 is 0. The van der Waals surface area contributed by atoms with Gasteiger partial charge in [0.05, 0.1) is 17.7 Å². The van der Waals surface area contributed by atoms with Crippen LogP contribution in [-0.2, 0) is 4.74 Å². The molecule has 106 valence electrons. The second-order valence-corrected chi connectivity index (χ2v) is 4.68. The fourth-order valence-electron chi connectivity index (χ4n) is 2.54. The van der Waals surface area contributed by atoms with Crippen LogP contribution in [0.3, 0.4) is 0 Å². The van der Waals surface area contributed by atoms with Gasteiger partial charge in [-0.25, -0.2) is 4.79 Å². The van der Waals surface area contributed by atoms with Gasteiger partial charge in [0.15, 0.2) is 0 Å². The molecular weight excluding hydrogens is 264 g/mol. The summed E-state index contributed by atoms with van der Waals surface area (Å²) in [6.07, 6.45) is 1.85. The summed E-state index contributed by atoms with van der Waals surface area (Å²) in [4.78, 5) is 12.4. The van der Waals surface area contributed by atoms with E-state index in [9.17, 15) is 4.79 Å². The van der Waals surface area contributed by atoms with Gasteiger partial charge in [-0.3, -0.25) is 0 Å². The van der Waals surface area contributed by atoms with E-state index >= 15 is 0 Å². The summed E-state index contributed by atoms with van der Waals surface area (Å²) in [5, 5.41) is 0. The van der Waals surface area contributed by atoms with Gasteiger partial charge in [-0.05, 0) is 24.6 Å². The number of anilines is 1. The number of esters is 1. The molecule has 2 aromatic heterocycles. The quantitative estimate of drug-likeness (QED) is 0.748. The van der Waals surface area contributed by atoms with Crippen molar-refractivity contribution in [3.05, 3.63) is 60.3 Å². The van der Waals surface area contributed by atoms with E-state index in [0.29, 0.717) is 18.0 Å². The Morgan fingerprint density at radius 1 is 1.14 bits per heavy atom. The number of carbonyl (C=O) groups excluding carboxylic acids is 1. The lowest BCUT2D eigenvalue weighted by atomic mass is 10.0. The van der Waals surface area contributed by atoms with Crippen LogP contribution in [0.1, 0.15) is 17.3 Å². The van der Waals surface area contributed by atoms with Gasteiger partial charge in [0.25, 0.3) is 0 Å². The van der Waals surface area contributed by atoms with E-state index in [0.717, 1.165) is 16.6 Å². The van der Waals surface area contributed by atoms with E-state index in [4.69, 9.17) is 10.5 Å². The number of carbonyl (C=O) groups is 1. The van der Waals surface area contributed by atoms with Gasteiger partial charge in [-0.2, -0.15) is 0 Å². The predicted molar refractivity (Wildman–Crippen MR) is 83.2 cm³/mol. The Morgan fingerprint density at radius 3 is 2.57 bits per heavy atom. The number of nitrogens with zero attached hydrogens (tertiary/aromatic N) is 1. The van der Waals surface area contributed by atoms with Crippen LogP contribution in [0, 0.1) is 0 Å². The molecule has 2 N–H and O–H groups in total. The maximum Gasteiger partial charge on any atom is 0.341 e. The zero-order valence-corrected chi connectivity index (χ0v) is 11.7. The van der Waals surface area contributed by atoms with Crippen molar-refractivity contribution in [2.45, 2.75) is 6.92 Å². The number of benzene rings is 1. The number of ether oxygens (including phenoxy) is 1. The zero-order valence-electron chi connectivity index (χ0n) is 11.7. The van der Waals surface area contributed by atoms with Crippen LogP contribution in [0.5, 0.6) is 0 Å². The Kier molecular flexibility index (Phi) is 3.36. The molecule has 4 heteroatoms. The molecule has 0 fully saturated rings. The maximum atomic E-state index is 12.4. The summed E-state index contributed by atoms with van der Waals surface area (Å²) in [5.74, 6) is 0.191. The van der Waals surface area contributed by atoms with Crippen molar-refractivity contribution in [2.75, 3.05) is 12.3 Å². The SMILES string of the molecule is CCOC(=O)c1c(-c2ccccc2)c(N)n2ccccc12. The van der Waals surface area contributed by atoms with Gasteiger partial charge in [0.2, 0.25) is 0 Å². The van der Waals surface area contributed by atoms with Crippen LogP contribution < -0.4 is 5.73 Å². The molecule has 21 heavy (non-hydrogen) atoms. The fourth-order valence-corrected chi connectivity index (χ4v) is 2.54. The number of hydrogen-bond acceptors (Lipinski definition) is 3. The van der Waals surface area contributed by atoms with E-state index < -0.39 is 0 Å². The van der Waals surface area contributed by atoms with E-state index in [2.05, 4.69) is 0 Å². The Bertz CT molecular complexity index is 791. The molecule has 0 aliphatic heterocycles. The van der Waals surface area contributed by atoms with Crippen LogP contribution in [0.25, 0.3) is 16.6 Å². The van der Waals surface area contributed by atoms with Crippen LogP contribution in [-0.4, -0.2) is 17.0 Å². The largest absolute Gasteiger partial charge is 0.462 e. The van der Waals surface area contributed by atoms with Crippen molar-refractivity contribution >= 4 is 17.3 Å². The summed E-state index contributed by atoms with van der Waals surface area (Å²) in [7, 11) is 0. The van der Waals surface area contributed by atoms with Crippen molar-refractivity contribution in [2.24, 2.45) is 0 Å². The molecule has 0 saturated heterocycles. The van der Waals surface area contributed by atoms with Crippen LogP contribution in [0.15, 0.2) is 54.7 Å². The second kappa shape index (κ2) is 5.32. The lowest BCUT2D eigenvalue weighted by molar-refractivity contribution is 0.0529. The molecule has 3 rings (SSSR count). The molecule has 0 atom stereocenters. The molecular formula is C17H16N2O2. The van der Waals surface area contributed by atoms with E-state index in [1.165, 1.54) is 0 Å². The highest BCUT2D eigenvalue weighted by molar-refractivity contribution is 6.08. The minimum atomic E-state index is -0.350. The Balaban J connectivity index is 2.34. The standard InChI is InChI=1S/C17H16N2O2/c1-2-21-17(20)15-13-10-6-7-11-19(13)16(18)14(15)12-8-4-3-5-9-12/h3-11H,2,18H2,1H3. The smallest absolute Gasteiger partial charge is 0.341 e. The molecule has 2 heterocycles. The van der Waals surface area contributed by atoms with E-state index in [1.807, 2.05) is 59.1 Å². The minimum absolute atomic E-state index is 0.330. The third-order valence-electron chi connectivity index (χ3n) is 3.42. The lowest BCUT2D eigenvalue weighted by Crippen LogP contribution is -2.05. The van der Waals surface area contributed by atoms with Crippen LogP contribution >= 0.6 is 0 Å². The van der Waals surface area contributed by atoms with Crippen molar-refractivity contribution < 1.29 is 9.53 Å². The van der Waals surface area contributed by atoms with E-state index in [1.54, 1.807) is 6.92 Å². The molecule has 0 spiro atoms. The lowest BCUT2D eigenvalue weighted by Gasteiger charge is -2.05. The summed E-state index contributed by atoms with van der Waals surface area (Å²) in [5.41, 5.74) is 9.16. The average Bonchev–Trinajstić information content (AvgIpc) is 2.82. The highest BCUT2D eigenvalue weighted by Gasteiger charge is 2.23. The number of pyridine rings is 1.